The van der Waals surface area contributed by atoms with Crippen LogP contribution < -0.4 is 9.47 Å². The average molecular weight is 298 g/mol. The van der Waals surface area contributed by atoms with Crippen molar-refractivity contribution in [3.63, 3.8) is 0 Å². The summed E-state index contributed by atoms with van der Waals surface area (Å²) in [5, 5.41) is 0. The molecule has 3 aliphatic rings. The molecule has 0 aromatic heterocycles. The molecule has 2 saturated carbocycles. The minimum atomic E-state index is 0.147. The molecule has 2 bridgehead atoms. The standard InChI is InChI=1S/C20H26O2/c1-20(2,3)9-10-22-15-8-7-14(21-4)18-16-12-5-6-13(11-12)17(16)19(15)18/h7-10,12-13,16-17H,5-6,11H2,1-4H3/b10-9-. The summed E-state index contributed by atoms with van der Waals surface area (Å²) in [7, 11) is 1.79. The van der Waals surface area contributed by atoms with Gasteiger partial charge in [0, 0.05) is 11.1 Å². The molecule has 2 heteroatoms. The fourth-order valence-corrected chi connectivity index (χ4v) is 4.90. The van der Waals surface area contributed by atoms with E-state index in [1.165, 1.54) is 30.4 Å². The number of rotatable bonds is 3. The Balaban J connectivity index is 1.68. The predicted molar refractivity (Wildman–Crippen MR) is 88.5 cm³/mol. The van der Waals surface area contributed by atoms with Gasteiger partial charge in [0.05, 0.1) is 13.4 Å². The first-order valence-corrected chi connectivity index (χ1v) is 8.55. The van der Waals surface area contributed by atoms with Crippen molar-refractivity contribution in [2.75, 3.05) is 7.11 Å². The smallest absolute Gasteiger partial charge is 0.130 e. The van der Waals surface area contributed by atoms with E-state index in [1.54, 1.807) is 7.11 Å². The van der Waals surface area contributed by atoms with Gasteiger partial charge in [0.2, 0.25) is 0 Å². The molecule has 0 spiro atoms. The van der Waals surface area contributed by atoms with Crippen LogP contribution in [0.3, 0.4) is 0 Å². The van der Waals surface area contributed by atoms with Gasteiger partial charge >= 0.3 is 0 Å². The van der Waals surface area contributed by atoms with Crippen LogP contribution in [-0.2, 0) is 0 Å². The summed E-state index contributed by atoms with van der Waals surface area (Å²) < 4.78 is 11.7. The Bertz CT molecular complexity index is 623. The Morgan fingerprint density at radius 1 is 1.00 bits per heavy atom. The summed E-state index contributed by atoms with van der Waals surface area (Å²) in [6.45, 7) is 6.56. The largest absolute Gasteiger partial charge is 0.496 e. The van der Waals surface area contributed by atoms with E-state index in [0.29, 0.717) is 0 Å². The molecule has 118 valence electrons. The van der Waals surface area contributed by atoms with Crippen LogP contribution in [0, 0.1) is 17.3 Å². The first-order chi connectivity index (χ1) is 10.5. The van der Waals surface area contributed by atoms with Crippen molar-refractivity contribution in [2.45, 2.75) is 51.9 Å². The minimum absolute atomic E-state index is 0.147. The monoisotopic (exact) mass is 298 g/mol. The highest BCUT2D eigenvalue weighted by atomic mass is 16.5. The van der Waals surface area contributed by atoms with E-state index in [1.807, 2.05) is 6.26 Å². The van der Waals surface area contributed by atoms with Crippen molar-refractivity contribution >= 4 is 0 Å². The van der Waals surface area contributed by atoms with Crippen molar-refractivity contribution < 1.29 is 9.47 Å². The van der Waals surface area contributed by atoms with Gasteiger partial charge in [-0.15, -0.1) is 0 Å². The van der Waals surface area contributed by atoms with E-state index < -0.39 is 0 Å². The molecule has 0 heterocycles. The highest BCUT2D eigenvalue weighted by Gasteiger charge is 2.57. The number of allylic oxidation sites excluding steroid dienone is 1. The van der Waals surface area contributed by atoms with Crippen LogP contribution in [0.25, 0.3) is 0 Å². The van der Waals surface area contributed by atoms with E-state index in [-0.39, 0.29) is 5.41 Å². The van der Waals surface area contributed by atoms with Gasteiger partial charge in [0.1, 0.15) is 11.5 Å². The molecule has 22 heavy (non-hydrogen) atoms. The molecule has 4 atom stereocenters. The second kappa shape index (κ2) is 4.78. The van der Waals surface area contributed by atoms with Gasteiger partial charge in [-0.05, 0) is 66.6 Å². The minimum Gasteiger partial charge on any atom is -0.496 e. The van der Waals surface area contributed by atoms with E-state index in [0.717, 1.165) is 35.2 Å². The molecule has 3 aliphatic carbocycles. The maximum Gasteiger partial charge on any atom is 0.130 e. The molecular weight excluding hydrogens is 272 g/mol. The SMILES string of the molecule is COc1ccc(O/C=C\C(C)(C)C)c2c1C1C3CCC(C3)C21. The number of methoxy groups -OCH3 is 1. The molecule has 0 saturated heterocycles. The van der Waals surface area contributed by atoms with E-state index in [4.69, 9.17) is 9.47 Å². The Labute approximate surface area is 133 Å². The van der Waals surface area contributed by atoms with Gasteiger partial charge < -0.3 is 9.47 Å². The number of hydrogen-bond donors (Lipinski definition) is 0. The van der Waals surface area contributed by atoms with Crippen LogP contribution in [-0.4, -0.2) is 7.11 Å². The maximum atomic E-state index is 6.02. The van der Waals surface area contributed by atoms with Gasteiger partial charge in [-0.25, -0.2) is 0 Å². The highest BCUT2D eigenvalue weighted by Crippen LogP contribution is 2.71. The molecule has 4 rings (SSSR count). The van der Waals surface area contributed by atoms with Gasteiger partial charge in [-0.3, -0.25) is 0 Å². The summed E-state index contributed by atoms with van der Waals surface area (Å²) in [4.78, 5) is 0. The quantitative estimate of drug-likeness (QED) is 0.710. The predicted octanol–water partition coefficient (Wildman–Crippen LogP) is 5.24. The number of fused-ring (bicyclic) bond motifs is 8. The summed E-state index contributed by atoms with van der Waals surface area (Å²) in [6, 6.07) is 4.17. The van der Waals surface area contributed by atoms with Crippen LogP contribution >= 0.6 is 0 Å². The molecule has 0 aliphatic heterocycles. The van der Waals surface area contributed by atoms with Crippen LogP contribution in [0.2, 0.25) is 0 Å². The number of hydrogen-bond acceptors (Lipinski definition) is 2. The molecule has 1 aromatic carbocycles. The molecule has 0 N–H and O–H groups in total. The first-order valence-electron chi connectivity index (χ1n) is 8.55. The Hall–Kier alpha value is -1.44. The average Bonchev–Trinajstić information content (AvgIpc) is 2.98. The second-order valence-electron chi connectivity index (χ2n) is 8.26. The Kier molecular flexibility index (Phi) is 3.08. The van der Waals surface area contributed by atoms with Gasteiger partial charge in [-0.2, -0.15) is 0 Å². The molecule has 1 aromatic rings. The van der Waals surface area contributed by atoms with Gasteiger partial charge in [-0.1, -0.05) is 20.8 Å². The lowest BCUT2D eigenvalue weighted by Crippen LogP contribution is -2.30. The van der Waals surface area contributed by atoms with Crippen LogP contribution in [0.15, 0.2) is 24.5 Å². The van der Waals surface area contributed by atoms with Gasteiger partial charge in [0.25, 0.3) is 0 Å². The third-order valence-corrected chi connectivity index (χ3v) is 5.77. The van der Waals surface area contributed by atoms with Crippen molar-refractivity contribution in [3.05, 3.63) is 35.6 Å². The lowest BCUT2D eigenvalue weighted by Gasteiger charge is -2.44. The van der Waals surface area contributed by atoms with Crippen molar-refractivity contribution in [1.29, 1.82) is 0 Å². The van der Waals surface area contributed by atoms with Crippen LogP contribution in [0.5, 0.6) is 11.5 Å². The topological polar surface area (TPSA) is 18.5 Å². The third kappa shape index (κ3) is 2.00. The fourth-order valence-electron chi connectivity index (χ4n) is 4.90. The van der Waals surface area contributed by atoms with Gasteiger partial charge in [0.15, 0.2) is 0 Å². The normalized spacial score (nSPS) is 31.8. The molecule has 0 radical (unpaired) electrons. The maximum absolute atomic E-state index is 6.02. The van der Waals surface area contributed by atoms with Crippen molar-refractivity contribution in [3.8, 4) is 11.5 Å². The van der Waals surface area contributed by atoms with E-state index in [2.05, 4.69) is 39.0 Å². The molecule has 2 nitrogen and oxygen atoms in total. The summed E-state index contributed by atoms with van der Waals surface area (Å²) in [5.74, 6) is 5.34. The molecule has 2 fully saturated rings. The molecular formula is C20H26O2. The number of ether oxygens (including phenoxy) is 2. The van der Waals surface area contributed by atoms with Crippen molar-refractivity contribution in [1.82, 2.24) is 0 Å². The van der Waals surface area contributed by atoms with E-state index in [9.17, 15) is 0 Å². The fraction of sp³-hybridized carbons (Fsp3) is 0.600. The zero-order chi connectivity index (χ0) is 15.5. The zero-order valence-electron chi connectivity index (χ0n) is 14.1. The first kappa shape index (κ1) is 14.2. The summed E-state index contributed by atoms with van der Waals surface area (Å²) in [5.41, 5.74) is 3.03. The third-order valence-electron chi connectivity index (χ3n) is 5.77. The Morgan fingerprint density at radius 3 is 2.18 bits per heavy atom. The Morgan fingerprint density at radius 2 is 1.59 bits per heavy atom. The lowest BCUT2D eigenvalue weighted by molar-refractivity contribution is 0.294. The van der Waals surface area contributed by atoms with Crippen LogP contribution in [0.1, 0.15) is 63.0 Å². The molecule has 4 unspecified atom stereocenters. The highest BCUT2D eigenvalue weighted by molar-refractivity contribution is 5.62. The number of benzene rings is 1. The zero-order valence-corrected chi connectivity index (χ0v) is 14.1. The second-order valence-corrected chi connectivity index (χ2v) is 8.26. The van der Waals surface area contributed by atoms with Crippen LogP contribution in [0.4, 0.5) is 0 Å². The lowest BCUT2D eigenvalue weighted by atomic mass is 9.61. The molecule has 0 amide bonds. The summed E-state index contributed by atoms with van der Waals surface area (Å²) in [6.07, 6.45) is 8.21. The summed E-state index contributed by atoms with van der Waals surface area (Å²) >= 11 is 0. The van der Waals surface area contributed by atoms with Crippen molar-refractivity contribution in [2.24, 2.45) is 17.3 Å². The van der Waals surface area contributed by atoms with E-state index >= 15 is 0 Å².